The largest absolute Gasteiger partial charge is 0.497 e. The van der Waals surface area contributed by atoms with Gasteiger partial charge in [0.15, 0.2) is 0 Å². The number of anilines is 1. The Morgan fingerprint density at radius 2 is 2.00 bits per heavy atom. The lowest BCUT2D eigenvalue weighted by Crippen LogP contribution is -2.39. The Labute approximate surface area is 149 Å². The molecule has 0 radical (unpaired) electrons. The molecule has 0 atom stereocenters. The first-order valence-corrected chi connectivity index (χ1v) is 8.46. The molecule has 0 saturated heterocycles. The second-order valence-electron chi connectivity index (χ2n) is 6.09. The highest BCUT2D eigenvalue weighted by molar-refractivity contribution is 5.97. The molecule has 1 aromatic carbocycles. The van der Waals surface area contributed by atoms with Crippen molar-refractivity contribution in [2.45, 2.75) is 38.1 Å². The van der Waals surface area contributed by atoms with Crippen molar-refractivity contribution in [3.8, 4) is 17.6 Å². The summed E-state index contributed by atoms with van der Waals surface area (Å²) < 4.78 is 10.5. The van der Waals surface area contributed by atoms with Crippen molar-refractivity contribution < 1.29 is 14.3 Å². The number of carbonyl (C=O) groups excluding carboxylic acids is 1. The van der Waals surface area contributed by atoms with Gasteiger partial charge in [-0.2, -0.15) is 5.26 Å². The highest BCUT2D eigenvalue weighted by Crippen LogP contribution is 2.29. The van der Waals surface area contributed by atoms with Crippen LogP contribution >= 0.6 is 0 Å². The van der Waals surface area contributed by atoms with Crippen molar-refractivity contribution in [3.63, 3.8) is 0 Å². The molecule has 1 aliphatic rings. The van der Waals surface area contributed by atoms with Crippen LogP contribution in [0.2, 0.25) is 0 Å². The maximum Gasteiger partial charge on any atom is 0.266 e. The molecule has 0 spiro atoms. The summed E-state index contributed by atoms with van der Waals surface area (Å²) >= 11 is 0. The van der Waals surface area contributed by atoms with Gasteiger partial charge >= 0.3 is 0 Å². The quantitative estimate of drug-likeness (QED) is 0.633. The number of nitriles is 1. The number of rotatable bonds is 6. The molecular weight excluding hydrogens is 318 g/mol. The van der Waals surface area contributed by atoms with Gasteiger partial charge in [0.25, 0.3) is 5.91 Å². The van der Waals surface area contributed by atoms with E-state index in [2.05, 4.69) is 5.32 Å². The summed E-state index contributed by atoms with van der Waals surface area (Å²) in [6, 6.07) is 7.50. The molecular formula is C19H25N3O3. The van der Waals surface area contributed by atoms with E-state index in [1.807, 2.05) is 6.07 Å². The molecule has 25 heavy (non-hydrogen) atoms. The molecule has 1 amide bonds. The maximum atomic E-state index is 12.6. The number of hydrogen-bond acceptors (Lipinski definition) is 5. The Kier molecular flexibility index (Phi) is 6.70. The van der Waals surface area contributed by atoms with Gasteiger partial charge in [0.05, 0.1) is 19.9 Å². The molecule has 0 aromatic heterocycles. The smallest absolute Gasteiger partial charge is 0.266 e. The number of carbonyl (C=O) groups is 1. The van der Waals surface area contributed by atoms with Gasteiger partial charge in [-0.1, -0.05) is 19.3 Å². The summed E-state index contributed by atoms with van der Waals surface area (Å²) in [6.45, 7) is 0. The Balaban J connectivity index is 2.14. The maximum absolute atomic E-state index is 12.6. The van der Waals surface area contributed by atoms with Crippen LogP contribution in [0.3, 0.4) is 0 Å². The first-order valence-electron chi connectivity index (χ1n) is 8.46. The van der Waals surface area contributed by atoms with Crippen LogP contribution in [-0.2, 0) is 4.79 Å². The van der Waals surface area contributed by atoms with E-state index in [9.17, 15) is 10.1 Å². The molecule has 0 bridgehead atoms. The third-order valence-electron chi connectivity index (χ3n) is 4.57. The zero-order chi connectivity index (χ0) is 18.2. The van der Waals surface area contributed by atoms with Gasteiger partial charge in [0.1, 0.15) is 23.1 Å². The van der Waals surface area contributed by atoms with Crippen LogP contribution in [0.1, 0.15) is 32.1 Å². The van der Waals surface area contributed by atoms with Crippen LogP contribution < -0.4 is 14.8 Å². The standard InChI is InChI=1S/C19H25N3O3/c1-22(15-7-5-4-6-8-15)19(23)14(12-20)13-21-17-11-16(24-2)9-10-18(17)25-3/h9-11,13,15,21H,4-8H2,1-3H3/b14-13-. The van der Waals surface area contributed by atoms with Crippen molar-refractivity contribution in [1.29, 1.82) is 5.26 Å². The molecule has 0 heterocycles. The van der Waals surface area contributed by atoms with Crippen molar-refractivity contribution in [3.05, 3.63) is 30.0 Å². The van der Waals surface area contributed by atoms with E-state index in [-0.39, 0.29) is 17.5 Å². The first kappa shape index (κ1) is 18.7. The number of hydrogen-bond donors (Lipinski definition) is 1. The van der Waals surface area contributed by atoms with Crippen molar-refractivity contribution in [2.24, 2.45) is 0 Å². The van der Waals surface area contributed by atoms with E-state index in [4.69, 9.17) is 9.47 Å². The number of methoxy groups -OCH3 is 2. The molecule has 2 rings (SSSR count). The van der Waals surface area contributed by atoms with Crippen LogP contribution in [0.15, 0.2) is 30.0 Å². The third kappa shape index (κ3) is 4.66. The number of benzene rings is 1. The van der Waals surface area contributed by atoms with E-state index in [1.54, 1.807) is 44.4 Å². The molecule has 6 nitrogen and oxygen atoms in total. The molecule has 1 N–H and O–H groups in total. The van der Waals surface area contributed by atoms with E-state index < -0.39 is 0 Å². The Hall–Kier alpha value is -2.68. The SMILES string of the molecule is COc1ccc(OC)c(N/C=C(/C#N)C(=O)N(C)C2CCCCC2)c1. The van der Waals surface area contributed by atoms with Gasteiger partial charge in [-0.3, -0.25) is 4.79 Å². The molecule has 1 saturated carbocycles. The van der Waals surface area contributed by atoms with Gasteiger partial charge < -0.3 is 19.7 Å². The van der Waals surface area contributed by atoms with Crippen LogP contribution in [0.4, 0.5) is 5.69 Å². The average Bonchev–Trinajstić information content (AvgIpc) is 2.68. The van der Waals surface area contributed by atoms with Crippen molar-refractivity contribution in [2.75, 3.05) is 26.6 Å². The summed E-state index contributed by atoms with van der Waals surface area (Å²) in [5.74, 6) is 0.993. The highest BCUT2D eigenvalue weighted by Gasteiger charge is 2.24. The molecule has 1 fully saturated rings. The van der Waals surface area contributed by atoms with Crippen LogP contribution in [0.25, 0.3) is 0 Å². The van der Waals surface area contributed by atoms with Crippen LogP contribution in [0, 0.1) is 11.3 Å². The molecule has 0 unspecified atom stereocenters. The van der Waals surface area contributed by atoms with Gasteiger partial charge in [-0.05, 0) is 25.0 Å². The fourth-order valence-electron chi connectivity index (χ4n) is 3.04. The van der Waals surface area contributed by atoms with E-state index in [1.165, 1.54) is 12.6 Å². The fourth-order valence-corrected chi connectivity index (χ4v) is 3.04. The summed E-state index contributed by atoms with van der Waals surface area (Å²) in [7, 11) is 4.91. The topological polar surface area (TPSA) is 74.6 Å². The van der Waals surface area contributed by atoms with Crippen molar-refractivity contribution >= 4 is 11.6 Å². The van der Waals surface area contributed by atoms with Gasteiger partial charge in [0.2, 0.25) is 0 Å². The number of ether oxygens (including phenoxy) is 2. The summed E-state index contributed by atoms with van der Waals surface area (Å²) in [5, 5.41) is 12.4. The highest BCUT2D eigenvalue weighted by atomic mass is 16.5. The minimum Gasteiger partial charge on any atom is -0.497 e. The summed E-state index contributed by atoms with van der Waals surface area (Å²) in [6.07, 6.45) is 6.91. The number of amides is 1. The molecule has 1 aromatic rings. The lowest BCUT2D eigenvalue weighted by molar-refractivity contribution is -0.128. The zero-order valence-corrected chi connectivity index (χ0v) is 15.0. The second-order valence-corrected chi connectivity index (χ2v) is 6.09. The minimum absolute atomic E-state index is 0.0675. The van der Waals surface area contributed by atoms with Gasteiger partial charge in [-0.25, -0.2) is 0 Å². The summed E-state index contributed by atoms with van der Waals surface area (Å²) in [5.41, 5.74) is 0.695. The van der Waals surface area contributed by atoms with Crippen LogP contribution in [0.5, 0.6) is 11.5 Å². The Bertz CT molecular complexity index is 673. The predicted octanol–water partition coefficient (Wildman–Crippen LogP) is 3.31. The molecule has 1 aliphatic carbocycles. The van der Waals surface area contributed by atoms with Gasteiger partial charge in [-0.15, -0.1) is 0 Å². The normalized spacial score (nSPS) is 15.2. The molecule has 0 aliphatic heterocycles. The molecule has 6 heteroatoms. The van der Waals surface area contributed by atoms with Gasteiger partial charge in [0, 0.05) is 25.4 Å². The lowest BCUT2D eigenvalue weighted by Gasteiger charge is -2.31. The van der Waals surface area contributed by atoms with E-state index in [0.29, 0.717) is 17.2 Å². The predicted molar refractivity (Wildman–Crippen MR) is 96.5 cm³/mol. The lowest BCUT2D eigenvalue weighted by atomic mass is 9.94. The third-order valence-corrected chi connectivity index (χ3v) is 4.57. The fraction of sp³-hybridized carbons (Fsp3) is 0.474. The monoisotopic (exact) mass is 343 g/mol. The Morgan fingerprint density at radius 3 is 2.60 bits per heavy atom. The zero-order valence-electron chi connectivity index (χ0n) is 15.0. The summed E-state index contributed by atoms with van der Waals surface area (Å²) in [4.78, 5) is 14.3. The first-order chi connectivity index (χ1) is 12.1. The van der Waals surface area contributed by atoms with E-state index in [0.717, 1.165) is 25.7 Å². The minimum atomic E-state index is -0.260. The Morgan fingerprint density at radius 1 is 1.28 bits per heavy atom. The number of nitrogens with zero attached hydrogens (tertiary/aromatic N) is 2. The van der Waals surface area contributed by atoms with E-state index >= 15 is 0 Å². The van der Waals surface area contributed by atoms with Crippen molar-refractivity contribution in [1.82, 2.24) is 4.90 Å². The molecule has 134 valence electrons. The number of likely N-dealkylation sites (N-methyl/N-ethyl adjacent to an activating group) is 1. The number of nitrogens with one attached hydrogen (secondary N) is 1. The van der Waals surface area contributed by atoms with Crippen LogP contribution in [-0.4, -0.2) is 38.1 Å². The average molecular weight is 343 g/mol. The second kappa shape index (κ2) is 8.97.